The Morgan fingerprint density at radius 1 is 1.50 bits per heavy atom. The van der Waals surface area contributed by atoms with E-state index >= 15 is 0 Å². The van der Waals surface area contributed by atoms with Gasteiger partial charge in [-0.05, 0) is 44.8 Å². The van der Waals surface area contributed by atoms with Crippen LogP contribution in [0.1, 0.15) is 27.4 Å². The summed E-state index contributed by atoms with van der Waals surface area (Å²) in [7, 11) is 0. The first-order valence-corrected chi connectivity index (χ1v) is 7.62. The van der Waals surface area contributed by atoms with Crippen molar-refractivity contribution in [2.24, 2.45) is 5.92 Å². The Hall–Kier alpha value is -0.580. The van der Waals surface area contributed by atoms with Gasteiger partial charge in [0.15, 0.2) is 0 Å². The molecule has 0 spiro atoms. The zero-order chi connectivity index (χ0) is 12.7. The molecule has 0 radical (unpaired) electrons. The SMILES string of the molecule is Cc1sc(C(=O)N[C@H]2CN3CCC2CC3)cc1Cl. The molecule has 4 rings (SSSR count). The van der Waals surface area contributed by atoms with E-state index < -0.39 is 0 Å². The van der Waals surface area contributed by atoms with E-state index in [1.807, 2.05) is 6.92 Å². The maximum Gasteiger partial charge on any atom is 0.261 e. The van der Waals surface area contributed by atoms with Crippen LogP contribution < -0.4 is 5.32 Å². The monoisotopic (exact) mass is 284 g/mol. The van der Waals surface area contributed by atoms with Crippen molar-refractivity contribution in [3.63, 3.8) is 0 Å². The topological polar surface area (TPSA) is 32.3 Å². The zero-order valence-corrected chi connectivity index (χ0v) is 12.0. The summed E-state index contributed by atoms with van der Waals surface area (Å²) in [6.07, 6.45) is 2.43. The van der Waals surface area contributed by atoms with Crippen molar-refractivity contribution in [1.29, 1.82) is 0 Å². The van der Waals surface area contributed by atoms with Gasteiger partial charge in [-0.25, -0.2) is 0 Å². The van der Waals surface area contributed by atoms with Crippen LogP contribution in [0.25, 0.3) is 0 Å². The molecule has 3 aliphatic rings. The van der Waals surface area contributed by atoms with Crippen molar-refractivity contribution in [3.8, 4) is 0 Å². The standard InChI is InChI=1S/C13H17ClN2OS/c1-8-10(14)6-12(18-8)13(17)15-11-7-16-4-2-9(11)3-5-16/h6,9,11H,2-5,7H2,1H3,(H,15,17)/t11-/m0/s1. The molecule has 1 atom stereocenters. The summed E-state index contributed by atoms with van der Waals surface area (Å²) in [4.78, 5) is 16.4. The smallest absolute Gasteiger partial charge is 0.261 e. The fourth-order valence-electron chi connectivity index (χ4n) is 2.94. The number of nitrogens with zero attached hydrogens (tertiary/aromatic N) is 1. The van der Waals surface area contributed by atoms with E-state index in [1.54, 1.807) is 6.07 Å². The Morgan fingerprint density at radius 2 is 2.22 bits per heavy atom. The van der Waals surface area contributed by atoms with Crippen LogP contribution in [0.15, 0.2) is 6.07 Å². The molecule has 1 aromatic rings. The summed E-state index contributed by atoms with van der Waals surface area (Å²) in [5.74, 6) is 0.698. The third kappa shape index (κ3) is 2.29. The van der Waals surface area contributed by atoms with E-state index in [2.05, 4.69) is 10.2 Å². The van der Waals surface area contributed by atoms with Crippen molar-refractivity contribution in [2.75, 3.05) is 19.6 Å². The average Bonchev–Trinajstić information content (AvgIpc) is 2.71. The molecule has 3 fully saturated rings. The predicted molar refractivity (Wildman–Crippen MR) is 74.5 cm³/mol. The number of fused-ring (bicyclic) bond motifs is 3. The van der Waals surface area contributed by atoms with E-state index in [1.165, 1.54) is 37.3 Å². The molecule has 18 heavy (non-hydrogen) atoms. The van der Waals surface area contributed by atoms with Crippen molar-refractivity contribution >= 4 is 28.8 Å². The molecule has 3 aliphatic heterocycles. The van der Waals surface area contributed by atoms with Gasteiger partial charge in [0.2, 0.25) is 0 Å². The van der Waals surface area contributed by atoms with E-state index in [9.17, 15) is 4.79 Å². The third-order valence-electron chi connectivity index (χ3n) is 4.05. The number of amides is 1. The Bertz CT molecular complexity index is 446. The highest BCUT2D eigenvalue weighted by Crippen LogP contribution is 2.29. The molecule has 1 amide bonds. The van der Waals surface area contributed by atoms with Gasteiger partial charge in [-0.3, -0.25) is 4.79 Å². The summed E-state index contributed by atoms with van der Waals surface area (Å²) >= 11 is 7.47. The van der Waals surface area contributed by atoms with Gasteiger partial charge in [-0.15, -0.1) is 11.3 Å². The Morgan fingerprint density at radius 3 is 2.72 bits per heavy atom. The number of nitrogens with one attached hydrogen (secondary N) is 1. The number of hydrogen-bond donors (Lipinski definition) is 1. The summed E-state index contributed by atoms with van der Waals surface area (Å²) < 4.78 is 0. The lowest BCUT2D eigenvalue weighted by Crippen LogP contribution is -2.57. The van der Waals surface area contributed by atoms with Gasteiger partial charge in [0.25, 0.3) is 5.91 Å². The number of rotatable bonds is 2. The van der Waals surface area contributed by atoms with Gasteiger partial charge in [0.05, 0.1) is 9.90 Å². The molecule has 98 valence electrons. The van der Waals surface area contributed by atoms with Gasteiger partial charge in [0, 0.05) is 17.5 Å². The summed E-state index contributed by atoms with van der Waals surface area (Å²) in [5, 5.41) is 3.87. The summed E-state index contributed by atoms with van der Waals surface area (Å²) in [6, 6.07) is 2.10. The van der Waals surface area contributed by atoms with Crippen molar-refractivity contribution in [2.45, 2.75) is 25.8 Å². The van der Waals surface area contributed by atoms with Crippen LogP contribution in [-0.2, 0) is 0 Å². The van der Waals surface area contributed by atoms with E-state index in [0.717, 1.165) is 16.3 Å². The van der Waals surface area contributed by atoms with Crippen LogP contribution >= 0.6 is 22.9 Å². The average molecular weight is 285 g/mol. The fraction of sp³-hybridized carbons (Fsp3) is 0.615. The highest BCUT2D eigenvalue weighted by atomic mass is 35.5. The number of carbonyl (C=O) groups excluding carboxylic acids is 1. The first-order valence-electron chi connectivity index (χ1n) is 6.42. The van der Waals surface area contributed by atoms with Crippen LogP contribution in [0.3, 0.4) is 0 Å². The quantitative estimate of drug-likeness (QED) is 0.905. The number of piperidine rings is 3. The summed E-state index contributed by atoms with van der Waals surface area (Å²) in [6.45, 7) is 5.34. The van der Waals surface area contributed by atoms with Gasteiger partial charge < -0.3 is 10.2 Å². The largest absolute Gasteiger partial charge is 0.347 e. The van der Waals surface area contributed by atoms with Crippen molar-refractivity contribution < 1.29 is 4.79 Å². The minimum absolute atomic E-state index is 0.0359. The second kappa shape index (κ2) is 4.83. The normalized spacial score (nSPS) is 30.4. The predicted octanol–water partition coefficient (Wildman–Crippen LogP) is 2.53. The molecule has 2 bridgehead atoms. The van der Waals surface area contributed by atoms with E-state index in [4.69, 9.17) is 11.6 Å². The zero-order valence-electron chi connectivity index (χ0n) is 10.4. The third-order valence-corrected chi connectivity index (χ3v) is 5.61. The minimum atomic E-state index is 0.0359. The van der Waals surface area contributed by atoms with Crippen LogP contribution in [0.2, 0.25) is 5.02 Å². The second-order valence-electron chi connectivity index (χ2n) is 5.23. The van der Waals surface area contributed by atoms with Crippen LogP contribution in [-0.4, -0.2) is 36.5 Å². The maximum atomic E-state index is 12.2. The first-order chi connectivity index (χ1) is 8.63. The molecule has 1 N–H and O–H groups in total. The molecule has 5 heteroatoms. The minimum Gasteiger partial charge on any atom is -0.347 e. The lowest BCUT2D eigenvalue weighted by molar-refractivity contribution is 0.0622. The van der Waals surface area contributed by atoms with Crippen LogP contribution in [0, 0.1) is 12.8 Å². The fourth-order valence-corrected chi connectivity index (χ4v) is 4.04. The second-order valence-corrected chi connectivity index (χ2v) is 6.90. The van der Waals surface area contributed by atoms with Crippen molar-refractivity contribution in [1.82, 2.24) is 10.2 Å². The Balaban J connectivity index is 1.67. The highest BCUT2D eigenvalue weighted by Gasteiger charge is 2.35. The molecular formula is C13H17ClN2OS. The number of hydrogen-bond acceptors (Lipinski definition) is 3. The number of thiophene rings is 1. The lowest BCUT2D eigenvalue weighted by Gasteiger charge is -2.44. The molecule has 3 saturated heterocycles. The molecule has 3 nitrogen and oxygen atoms in total. The Labute approximate surface area is 116 Å². The van der Waals surface area contributed by atoms with Crippen LogP contribution in [0.5, 0.6) is 0 Å². The van der Waals surface area contributed by atoms with Gasteiger partial charge in [0.1, 0.15) is 0 Å². The van der Waals surface area contributed by atoms with E-state index in [-0.39, 0.29) is 5.91 Å². The van der Waals surface area contributed by atoms with Gasteiger partial charge >= 0.3 is 0 Å². The van der Waals surface area contributed by atoms with E-state index in [0.29, 0.717) is 17.0 Å². The van der Waals surface area contributed by atoms with Gasteiger partial charge in [-0.2, -0.15) is 0 Å². The molecule has 4 heterocycles. The Kier molecular flexibility index (Phi) is 3.34. The molecular weight excluding hydrogens is 268 g/mol. The molecule has 0 aliphatic carbocycles. The van der Waals surface area contributed by atoms with Crippen LogP contribution in [0.4, 0.5) is 0 Å². The highest BCUT2D eigenvalue weighted by molar-refractivity contribution is 7.14. The molecule has 0 aromatic carbocycles. The molecule has 0 unspecified atom stereocenters. The first kappa shape index (κ1) is 12.5. The molecule has 0 saturated carbocycles. The van der Waals surface area contributed by atoms with Gasteiger partial charge in [-0.1, -0.05) is 11.6 Å². The lowest BCUT2D eigenvalue weighted by atomic mass is 9.84. The maximum absolute atomic E-state index is 12.2. The number of carbonyl (C=O) groups is 1. The summed E-state index contributed by atoms with van der Waals surface area (Å²) in [5.41, 5.74) is 0. The molecule has 1 aromatic heterocycles. The number of halogens is 1. The number of aryl methyl sites for hydroxylation is 1. The van der Waals surface area contributed by atoms with Crippen molar-refractivity contribution in [3.05, 3.63) is 20.8 Å².